The third-order valence-electron chi connectivity index (χ3n) is 12.6. The van der Waals surface area contributed by atoms with Crippen LogP contribution in [0.2, 0.25) is 0 Å². The first-order chi connectivity index (χ1) is 30.7. The molecule has 0 aliphatic heterocycles. The molecule has 0 spiro atoms. The van der Waals surface area contributed by atoms with Crippen LogP contribution in [0.3, 0.4) is 0 Å². The summed E-state index contributed by atoms with van der Waals surface area (Å²) in [5.41, 5.74) is 13.0. The lowest BCUT2D eigenvalue weighted by atomic mass is 10.0. The zero-order chi connectivity index (χ0) is 40.5. The van der Waals surface area contributed by atoms with E-state index in [4.69, 9.17) is 23.2 Å². The Morgan fingerprint density at radius 3 is 1.92 bits per heavy atom. The molecule has 9 aromatic carbocycles. The predicted octanol–water partition coefficient (Wildman–Crippen LogP) is 15.4. The molecular formula is C56H31N3O3. The minimum absolute atomic E-state index is 0.560. The Morgan fingerprint density at radius 2 is 1.05 bits per heavy atom. The van der Waals surface area contributed by atoms with Crippen molar-refractivity contribution in [3.8, 4) is 39.5 Å². The average molecular weight is 794 g/mol. The molecule has 0 radical (unpaired) electrons. The van der Waals surface area contributed by atoms with Gasteiger partial charge < -0.3 is 17.8 Å². The highest BCUT2D eigenvalue weighted by molar-refractivity contribution is 6.20. The Balaban J connectivity index is 1.07. The standard InChI is InChI=1S/C56H31N3O3/c1-2-12-32(13-3-1)35-23-27-49-43(29-35)53-55(62-49)52(57-56(58-53)36-22-24-39-38-17-7-10-20-47(38)60-50(39)31-36)41-25-26-45(51-40-18-8-11-21-48(40)61-54(41)51)59-44-19-9-6-16-37(44)42-28-33-14-4-5-15-34(33)30-46(42)59/h1-31H. The minimum Gasteiger partial charge on any atom is -0.456 e. The van der Waals surface area contributed by atoms with Crippen molar-refractivity contribution in [1.29, 1.82) is 0 Å². The van der Waals surface area contributed by atoms with Gasteiger partial charge in [0.05, 0.1) is 22.1 Å². The molecule has 14 aromatic rings. The van der Waals surface area contributed by atoms with E-state index in [0.717, 1.165) is 99.3 Å². The summed E-state index contributed by atoms with van der Waals surface area (Å²) in [6.07, 6.45) is 0. The number of hydrogen-bond donors (Lipinski definition) is 0. The molecular weight excluding hydrogens is 763 g/mol. The van der Waals surface area contributed by atoms with Crippen molar-refractivity contribution in [2.45, 2.75) is 0 Å². The number of benzene rings is 9. The molecule has 0 bridgehead atoms. The van der Waals surface area contributed by atoms with Gasteiger partial charge in [-0.1, -0.05) is 121 Å². The lowest BCUT2D eigenvalue weighted by Gasteiger charge is -2.13. The number of furan rings is 3. The number of nitrogens with zero attached hydrogens (tertiary/aromatic N) is 3. The van der Waals surface area contributed by atoms with Gasteiger partial charge in [-0.25, -0.2) is 9.97 Å². The third kappa shape index (κ3) is 4.74. The van der Waals surface area contributed by atoms with Gasteiger partial charge in [0.1, 0.15) is 39.1 Å². The summed E-state index contributed by atoms with van der Waals surface area (Å²) in [7, 11) is 0. The second-order valence-corrected chi connectivity index (χ2v) is 16.1. The van der Waals surface area contributed by atoms with Gasteiger partial charge in [0.15, 0.2) is 11.4 Å². The third-order valence-corrected chi connectivity index (χ3v) is 12.6. The first kappa shape index (κ1) is 33.4. The van der Waals surface area contributed by atoms with Crippen LogP contribution in [-0.2, 0) is 0 Å². The number of fused-ring (bicyclic) bond motifs is 13. The minimum atomic E-state index is 0.560. The summed E-state index contributed by atoms with van der Waals surface area (Å²) in [5.74, 6) is 0.560. The predicted molar refractivity (Wildman–Crippen MR) is 252 cm³/mol. The molecule has 0 N–H and O–H groups in total. The Bertz CT molecular complexity index is 4170. The lowest BCUT2D eigenvalue weighted by molar-refractivity contribution is 0.662. The van der Waals surface area contributed by atoms with Gasteiger partial charge >= 0.3 is 0 Å². The van der Waals surface area contributed by atoms with E-state index in [2.05, 4.69) is 144 Å². The van der Waals surface area contributed by atoms with Crippen LogP contribution in [0.5, 0.6) is 0 Å². The second kappa shape index (κ2) is 12.5. The topological polar surface area (TPSA) is 70.1 Å². The molecule has 5 aromatic heterocycles. The number of hydrogen-bond acceptors (Lipinski definition) is 5. The van der Waals surface area contributed by atoms with Crippen LogP contribution in [0.15, 0.2) is 201 Å². The van der Waals surface area contributed by atoms with E-state index >= 15 is 0 Å². The van der Waals surface area contributed by atoms with Gasteiger partial charge in [-0.15, -0.1) is 0 Å². The van der Waals surface area contributed by atoms with Gasteiger partial charge in [0, 0.05) is 43.4 Å². The normalized spacial score (nSPS) is 12.2. The van der Waals surface area contributed by atoms with Crippen LogP contribution >= 0.6 is 0 Å². The zero-order valence-corrected chi connectivity index (χ0v) is 33.0. The summed E-state index contributed by atoms with van der Waals surface area (Å²) in [4.78, 5) is 10.7. The number of para-hydroxylation sites is 3. The van der Waals surface area contributed by atoms with Crippen LogP contribution in [0.4, 0.5) is 0 Å². The smallest absolute Gasteiger partial charge is 0.180 e. The molecule has 0 aliphatic rings. The molecule has 0 atom stereocenters. The van der Waals surface area contributed by atoms with E-state index in [1.807, 2.05) is 48.5 Å². The van der Waals surface area contributed by atoms with E-state index in [-0.39, 0.29) is 0 Å². The maximum absolute atomic E-state index is 6.98. The highest BCUT2D eigenvalue weighted by Crippen LogP contribution is 2.46. The summed E-state index contributed by atoms with van der Waals surface area (Å²) >= 11 is 0. The summed E-state index contributed by atoms with van der Waals surface area (Å²) in [6, 6.07) is 65.5. The molecule has 62 heavy (non-hydrogen) atoms. The van der Waals surface area contributed by atoms with Gasteiger partial charge in [-0.2, -0.15) is 0 Å². The first-order valence-electron chi connectivity index (χ1n) is 20.8. The second-order valence-electron chi connectivity index (χ2n) is 16.1. The Labute approximate surface area is 352 Å². The molecule has 0 saturated carbocycles. The van der Waals surface area contributed by atoms with Crippen LogP contribution in [0, 0.1) is 0 Å². The van der Waals surface area contributed by atoms with Crippen molar-refractivity contribution in [1.82, 2.24) is 14.5 Å². The van der Waals surface area contributed by atoms with Crippen LogP contribution in [-0.4, -0.2) is 14.5 Å². The molecule has 6 nitrogen and oxygen atoms in total. The van der Waals surface area contributed by atoms with Crippen LogP contribution in [0.25, 0.3) is 138 Å². The fraction of sp³-hybridized carbons (Fsp3) is 0. The maximum atomic E-state index is 6.98. The summed E-state index contributed by atoms with van der Waals surface area (Å²) < 4.78 is 22.6. The van der Waals surface area contributed by atoms with Crippen molar-refractivity contribution in [3.63, 3.8) is 0 Å². The number of aromatic nitrogens is 3. The van der Waals surface area contributed by atoms with Crippen molar-refractivity contribution in [2.24, 2.45) is 0 Å². The number of rotatable bonds is 4. The van der Waals surface area contributed by atoms with Crippen LogP contribution < -0.4 is 0 Å². The van der Waals surface area contributed by atoms with Gasteiger partial charge in [-0.3, -0.25) is 0 Å². The molecule has 288 valence electrons. The molecule has 0 unspecified atom stereocenters. The van der Waals surface area contributed by atoms with E-state index in [0.29, 0.717) is 17.1 Å². The molecule has 0 amide bonds. The van der Waals surface area contributed by atoms with E-state index in [1.165, 1.54) is 21.5 Å². The van der Waals surface area contributed by atoms with Crippen molar-refractivity contribution < 1.29 is 13.3 Å². The molecule has 6 heteroatoms. The average Bonchev–Trinajstić information content (AvgIpc) is 4.09. The quantitative estimate of drug-likeness (QED) is 0.177. The Kier molecular flexibility index (Phi) is 6.74. The molecule has 0 saturated heterocycles. The SMILES string of the molecule is c1ccc(-c2ccc3oc4c(-c5ccc(-n6c7ccccc7c7cc8ccccc8cc76)c6c5oc5ccccc56)nc(-c5ccc6c(c5)oc5ccccc56)nc4c3c2)cc1. The summed E-state index contributed by atoms with van der Waals surface area (Å²) in [5, 5.41) is 9.83. The van der Waals surface area contributed by atoms with Gasteiger partial charge in [0.25, 0.3) is 0 Å². The fourth-order valence-corrected chi connectivity index (χ4v) is 9.73. The lowest BCUT2D eigenvalue weighted by Crippen LogP contribution is -1.97. The molecule has 0 aliphatic carbocycles. The highest BCUT2D eigenvalue weighted by atomic mass is 16.3. The fourth-order valence-electron chi connectivity index (χ4n) is 9.73. The van der Waals surface area contributed by atoms with Crippen LogP contribution in [0.1, 0.15) is 0 Å². The molecule has 0 fully saturated rings. The van der Waals surface area contributed by atoms with E-state index in [9.17, 15) is 0 Å². The van der Waals surface area contributed by atoms with E-state index in [1.54, 1.807) is 0 Å². The molecule has 5 heterocycles. The first-order valence-corrected chi connectivity index (χ1v) is 20.8. The Morgan fingerprint density at radius 1 is 0.371 bits per heavy atom. The van der Waals surface area contributed by atoms with Crippen molar-refractivity contribution >= 4 is 98.5 Å². The van der Waals surface area contributed by atoms with Gasteiger partial charge in [-0.05, 0) is 88.6 Å². The largest absolute Gasteiger partial charge is 0.456 e. The van der Waals surface area contributed by atoms with Crippen molar-refractivity contribution in [2.75, 3.05) is 0 Å². The summed E-state index contributed by atoms with van der Waals surface area (Å²) in [6.45, 7) is 0. The highest BCUT2D eigenvalue weighted by Gasteiger charge is 2.26. The van der Waals surface area contributed by atoms with E-state index < -0.39 is 0 Å². The van der Waals surface area contributed by atoms with Crippen molar-refractivity contribution in [3.05, 3.63) is 188 Å². The monoisotopic (exact) mass is 793 g/mol. The zero-order valence-electron chi connectivity index (χ0n) is 33.0. The van der Waals surface area contributed by atoms with Gasteiger partial charge in [0.2, 0.25) is 0 Å². The molecule has 14 rings (SSSR count). The Hall–Kier alpha value is -8.48. The maximum Gasteiger partial charge on any atom is 0.180 e.